The summed E-state index contributed by atoms with van der Waals surface area (Å²) < 4.78 is 15.3. The van der Waals surface area contributed by atoms with E-state index in [-0.39, 0.29) is 42.1 Å². The van der Waals surface area contributed by atoms with Crippen molar-refractivity contribution < 1.29 is 42.1 Å². The van der Waals surface area contributed by atoms with Gasteiger partial charge in [-0.1, -0.05) is 59.3 Å². The third-order valence-corrected chi connectivity index (χ3v) is 18.2. The van der Waals surface area contributed by atoms with Gasteiger partial charge in [0.1, 0.15) is 0 Å². The summed E-state index contributed by atoms with van der Waals surface area (Å²) in [5.74, 6) is 0. The Morgan fingerprint density at radius 3 is 1.49 bits per heavy atom. The summed E-state index contributed by atoms with van der Waals surface area (Å²) in [6.45, 7) is 0. The van der Waals surface area contributed by atoms with Crippen LogP contribution in [0, 0.1) is 24.3 Å². The summed E-state index contributed by atoms with van der Waals surface area (Å²) >= 11 is 3.39. The van der Waals surface area contributed by atoms with Gasteiger partial charge in [0.15, 0.2) is 0 Å². The van der Waals surface area contributed by atoms with E-state index in [1.54, 1.807) is 22.7 Å². The van der Waals surface area contributed by atoms with Crippen molar-refractivity contribution in [1.29, 1.82) is 0 Å². The molecular weight excluding hydrogens is 1510 g/mol. The maximum absolute atomic E-state index is 5.06. The number of rotatable bonds is 10. The van der Waals surface area contributed by atoms with Gasteiger partial charge in [0.2, 0.25) is 0 Å². The molecule has 0 saturated carbocycles. The molecule has 0 aliphatic carbocycles. The summed E-state index contributed by atoms with van der Waals surface area (Å²) in [4.78, 5) is 19.3. The first-order chi connectivity index (χ1) is 43.6. The molecule has 432 valence electrons. The Balaban J connectivity index is 0.000000147. The largest absolute Gasteiger partial charge is 2.00 e. The molecule has 90 heavy (non-hydrogen) atoms. The zero-order chi connectivity index (χ0) is 58.1. The van der Waals surface area contributed by atoms with E-state index in [9.17, 15) is 0 Å². The molecule has 0 aliphatic heterocycles. The summed E-state index contributed by atoms with van der Waals surface area (Å²) in [6.07, 6.45) is 20.1. The second-order valence-corrected chi connectivity index (χ2v) is 23.4. The number of aromatic nitrogens is 10. The summed E-state index contributed by atoms with van der Waals surface area (Å²) in [5, 5.41) is 6.49. The van der Waals surface area contributed by atoms with Crippen molar-refractivity contribution in [1.82, 2.24) is 47.3 Å². The maximum Gasteiger partial charge on any atom is 2.00 e. The first-order valence-corrected chi connectivity index (χ1v) is 30.4. The third kappa shape index (κ3) is 10.3. The smallest absolute Gasteiger partial charge is 0.346 e. The maximum atomic E-state index is 5.06. The summed E-state index contributed by atoms with van der Waals surface area (Å²) in [5.41, 5.74) is 18.0. The molecule has 0 radical (unpaired) electrons. The predicted molar refractivity (Wildman–Crippen MR) is 358 cm³/mol. The minimum absolute atomic E-state index is 0. The molecule has 0 N–H and O–H groups in total. The molecule has 8 aromatic carbocycles. The second-order valence-electron chi connectivity index (χ2n) is 21.4. The van der Waals surface area contributed by atoms with Gasteiger partial charge in [0.05, 0.1) is 11.0 Å². The van der Waals surface area contributed by atoms with Crippen molar-refractivity contribution in [2.75, 3.05) is 0 Å². The predicted octanol–water partition coefficient (Wildman–Crippen LogP) is 18.6. The van der Waals surface area contributed by atoms with Crippen molar-refractivity contribution in [2.24, 2.45) is 0 Å². The minimum atomic E-state index is 0. The average molecular weight is 1550 g/mol. The van der Waals surface area contributed by atoms with Crippen molar-refractivity contribution in [3.8, 4) is 77.8 Å². The quantitative estimate of drug-likeness (QED) is 0.128. The Bertz CT molecular complexity index is 5570. The van der Waals surface area contributed by atoms with Crippen LogP contribution in [0.25, 0.3) is 142 Å². The van der Waals surface area contributed by atoms with Crippen LogP contribution in [-0.4, -0.2) is 47.3 Å². The van der Waals surface area contributed by atoms with Crippen LogP contribution in [0.15, 0.2) is 280 Å². The number of pyridine rings is 2. The SMILES string of the molecule is [Pt+2].[Pt+2].[c-]1c(-c2ccccn2)cc(-n2cccc2)cc1-n1c2[c-]c(-c3nc4ccc(-n5cccc5)cc4s3)ccc2c2ccccc21.[c-]1c(-c2ccccn2)cccc1-n1c2[c-]c(-c3nc4cc(-n5cccc5)ccc4s3)ccc2c2cc(-n3cccc3)ccc21. The zero-order valence-corrected chi connectivity index (χ0v) is 53.7. The molecule has 14 heteroatoms. The fourth-order valence-electron chi connectivity index (χ4n) is 11.9. The van der Waals surface area contributed by atoms with Gasteiger partial charge in [-0.25, -0.2) is 0 Å². The van der Waals surface area contributed by atoms with Gasteiger partial charge in [0.25, 0.3) is 0 Å². The molecular formula is C76H46N10Pt2S2. The fraction of sp³-hybridized carbons (Fsp3) is 0. The molecule has 0 atom stereocenters. The molecule has 10 nitrogen and oxygen atoms in total. The van der Waals surface area contributed by atoms with Crippen LogP contribution in [0.1, 0.15) is 0 Å². The number of nitrogens with zero attached hydrogens (tertiary/aromatic N) is 10. The van der Waals surface area contributed by atoms with E-state index in [2.05, 4.69) is 245 Å². The number of hydrogen-bond acceptors (Lipinski definition) is 6. The van der Waals surface area contributed by atoms with Gasteiger partial charge in [-0.3, -0.25) is 9.97 Å². The summed E-state index contributed by atoms with van der Waals surface area (Å²) in [6, 6.07) is 90.4. The van der Waals surface area contributed by atoms with Crippen molar-refractivity contribution in [3.05, 3.63) is 305 Å². The molecule has 0 unspecified atom stereocenters. The molecule has 0 bridgehead atoms. The molecule has 10 aromatic heterocycles. The third-order valence-electron chi connectivity index (χ3n) is 16.0. The van der Waals surface area contributed by atoms with E-state index in [1.165, 1.54) is 5.39 Å². The minimum Gasteiger partial charge on any atom is -0.346 e. The van der Waals surface area contributed by atoms with E-state index >= 15 is 0 Å². The van der Waals surface area contributed by atoms with Gasteiger partial charge < -0.3 is 37.4 Å². The van der Waals surface area contributed by atoms with E-state index < -0.39 is 0 Å². The topological polar surface area (TPSA) is 81.1 Å². The summed E-state index contributed by atoms with van der Waals surface area (Å²) in [7, 11) is 0. The Labute approximate surface area is 554 Å². The van der Waals surface area contributed by atoms with Gasteiger partial charge in [-0.2, -0.15) is 22.7 Å². The van der Waals surface area contributed by atoms with Crippen molar-refractivity contribution in [3.63, 3.8) is 0 Å². The van der Waals surface area contributed by atoms with Crippen molar-refractivity contribution >= 4 is 86.7 Å². The van der Waals surface area contributed by atoms with E-state index in [4.69, 9.17) is 9.97 Å². The van der Waals surface area contributed by atoms with Crippen LogP contribution < -0.4 is 0 Å². The van der Waals surface area contributed by atoms with Crippen LogP contribution in [0.3, 0.4) is 0 Å². The van der Waals surface area contributed by atoms with Crippen LogP contribution in [0.4, 0.5) is 0 Å². The van der Waals surface area contributed by atoms with Crippen LogP contribution in [-0.2, 0) is 42.1 Å². The molecule has 0 aliphatic rings. The average Bonchev–Trinajstić information content (AvgIpc) is 1.61. The molecule has 18 rings (SSSR count). The standard InChI is InChI=1S/2C38H23N5S.2Pt/c1-2-17-39-33(10-1)26-8-7-9-30(22-26)43-35-15-12-28(41-18-3-4-19-41)24-32(35)31-14-11-27(23-36(31)43)38-40-34-25-29(13-16-37(34)44-38)42-20-5-6-21-42;1-2-11-35-31(9-1)32-14-12-26(38-40-34-15-13-28(25-37(34)44-38)41-17-5-6-18-41)23-36(32)43(35)30-22-27(33-10-3-4-16-39-33)21-29(24-30)42-19-7-8-20-42;;/h2*1-21,24-25H;;/q2*-2;2*+2. The number of fused-ring (bicyclic) bond motifs is 8. The van der Waals surface area contributed by atoms with Crippen LogP contribution >= 0.6 is 22.7 Å². The van der Waals surface area contributed by atoms with Gasteiger partial charge in [-0.15, -0.1) is 95.1 Å². The van der Waals surface area contributed by atoms with E-state index in [0.29, 0.717) is 0 Å². The van der Waals surface area contributed by atoms with Crippen molar-refractivity contribution in [2.45, 2.75) is 0 Å². The molecule has 0 saturated heterocycles. The normalized spacial score (nSPS) is 11.4. The monoisotopic (exact) mass is 1550 g/mol. The molecule has 0 spiro atoms. The van der Waals surface area contributed by atoms with Gasteiger partial charge in [0, 0.05) is 109 Å². The number of para-hydroxylation sites is 1. The fourth-order valence-corrected chi connectivity index (χ4v) is 13.8. The zero-order valence-electron chi connectivity index (χ0n) is 47.5. The second kappa shape index (κ2) is 23.8. The Kier molecular flexibility index (Phi) is 14.9. The van der Waals surface area contributed by atoms with Gasteiger partial charge in [-0.05, 0) is 172 Å². The molecule has 10 heterocycles. The Morgan fingerprint density at radius 1 is 0.311 bits per heavy atom. The first-order valence-electron chi connectivity index (χ1n) is 28.8. The van der Waals surface area contributed by atoms with Crippen LogP contribution in [0.5, 0.6) is 0 Å². The Hall–Kier alpha value is -10.1. The van der Waals surface area contributed by atoms with E-state index in [0.717, 1.165) is 136 Å². The number of thiazole rings is 2. The van der Waals surface area contributed by atoms with Gasteiger partial charge >= 0.3 is 42.1 Å². The first kappa shape index (κ1) is 56.4. The number of benzene rings is 8. The number of hydrogen-bond donors (Lipinski definition) is 0. The molecule has 0 amide bonds. The van der Waals surface area contributed by atoms with Crippen LogP contribution in [0.2, 0.25) is 0 Å². The molecule has 0 fully saturated rings. The Morgan fingerprint density at radius 2 is 0.833 bits per heavy atom. The van der Waals surface area contributed by atoms with E-state index in [1.807, 2.05) is 97.3 Å². The molecule has 18 aromatic rings.